The van der Waals surface area contributed by atoms with Crippen LogP contribution in [-0.4, -0.2) is 52.6 Å². The molecule has 30 heavy (non-hydrogen) atoms. The molecule has 5 aliphatic rings. The first-order valence-electron chi connectivity index (χ1n) is 11.4. The van der Waals surface area contributed by atoms with E-state index in [0.717, 1.165) is 36.6 Å². The first-order valence-corrected chi connectivity index (χ1v) is 11.4. The topological polar surface area (TPSA) is 76.1 Å². The van der Waals surface area contributed by atoms with Crippen LogP contribution in [0.1, 0.15) is 57.1 Å². The Morgan fingerprint density at radius 2 is 2.13 bits per heavy atom. The van der Waals surface area contributed by atoms with Crippen LogP contribution in [0.2, 0.25) is 0 Å². The van der Waals surface area contributed by atoms with Gasteiger partial charge in [0.15, 0.2) is 23.4 Å². The molecule has 1 N–H and O–H groups in total. The minimum absolute atomic E-state index is 0.00793. The number of esters is 1. The summed E-state index contributed by atoms with van der Waals surface area (Å²) in [6, 6.07) is 3.83. The summed E-state index contributed by atoms with van der Waals surface area (Å²) < 4.78 is 11.9. The summed E-state index contributed by atoms with van der Waals surface area (Å²) in [7, 11) is 0. The van der Waals surface area contributed by atoms with Gasteiger partial charge in [0.25, 0.3) is 0 Å². The number of piperidine rings is 1. The van der Waals surface area contributed by atoms with Gasteiger partial charge in [-0.3, -0.25) is 14.5 Å². The summed E-state index contributed by atoms with van der Waals surface area (Å²) in [5.41, 5.74) is 0.342. The number of likely N-dealkylation sites (tertiary alicyclic amines) is 1. The van der Waals surface area contributed by atoms with Gasteiger partial charge in [-0.25, -0.2) is 0 Å². The highest BCUT2D eigenvalue weighted by Crippen LogP contribution is 2.65. The van der Waals surface area contributed by atoms with E-state index < -0.39 is 17.1 Å². The van der Waals surface area contributed by atoms with Crippen molar-refractivity contribution in [3.05, 3.63) is 23.3 Å². The molecule has 1 aromatic carbocycles. The van der Waals surface area contributed by atoms with Crippen LogP contribution in [0.4, 0.5) is 0 Å². The number of ketones is 1. The molecule has 0 radical (unpaired) electrons. The number of aliphatic hydroxyl groups is 1. The normalized spacial score (nSPS) is 36.5. The fourth-order valence-electron chi connectivity index (χ4n) is 6.56. The van der Waals surface area contributed by atoms with E-state index in [-0.39, 0.29) is 23.7 Å². The van der Waals surface area contributed by atoms with Gasteiger partial charge >= 0.3 is 5.97 Å². The Morgan fingerprint density at radius 1 is 1.33 bits per heavy atom. The smallest absolute Gasteiger partial charge is 0.313 e. The molecule has 160 valence electrons. The maximum atomic E-state index is 13.0. The number of carbonyl (C=O) groups is 2. The fourth-order valence-corrected chi connectivity index (χ4v) is 6.56. The van der Waals surface area contributed by atoms with Crippen LogP contribution in [0.25, 0.3) is 0 Å². The monoisotopic (exact) mass is 411 g/mol. The van der Waals surface area contributed by atoms with Gasteiger partial charge < -0.3 is 14.6 Å². The van der Waals surface area contributed by atoms with Crippen LogP contribution >= 0.6 is 0 Å². The van der Waals surface area contributed by atoms with E-state index in [1.165, 1.54) is 12.8 Å². The van der Waals surface area contributed by atoms with Gasteiger partial charge in [0.05, 0.1) is 16.9 Å². The lowest BCUT2D eigenvalue weighted by Crippen LogP contribution is -2.76. The average Bonchev–Trinajstić information content (AvgIpc) is 3.45. The second-order valence-electron chi connectivity index (χ2n) is 10.3. The Balaban J connectivity index is 1.50. The van der Waals surface area contributed by atoms with E-state index in [0.29, 0.717) is 30.8 Å². The van der Waals surface area contributed by atoms with Gasteiger partial charge in [-0.05, 0) is 56.2 Å². The number of carbonyl (C=O) groups excluding carboxylic acids is 2. The number of hydrogen-bond acceptors (Lipinski definition) is 6. The minimum atomic E-state index is -0.988. The van der Waals surface area contributed by atoms with Crippen molar-refractivity contribution in [2.24, 2.45) is 11.8 Å². The van der Waals surface area contributed by atoms with Crippen molar-refractivity contribution in [1.82, 2.24) is 4.90 Å². The largest absolute Gasteiger partial charge is 0.477 e. The molecule has 6 rings (SSSR count). The second kappa shape index (κ2) is 6.07. The number of Topliss-reactive ketones (excluding diaryl/α,β-unsaturated/α-hetero) is 1. The third-order valence-corrected chi connectivity index (χ3v) is 8.22. The highest BCUT2D eigenvalue weighted by atomic mass is 16.6. The molecule has 2 aliphatic heterocycles. The summed E-state index contributed by atoms with van der Waals surface area (Å²) >= 11 is 0. The molecular formula is C24H29NO5. The molecule has 3 fully saturated rings. The first kappa shape index (κ1) is 18.8. The van der Waals surface area contributed by atoms with Gasteiger partial charge in [0, 0.05) is 24.6 Å². The summed E-state index contributed by atoms with van der Waals surface area (Å²) in [5, 5.41) is 12.2. The lowest BCUT2D eigenvalue weighted by atomic mass is 9.49. The predicted octanol–water partition coefficient (Wildman–Crippen LogP) is 2.38. The molecule has 6 nitrogen and oxygen atoms in total. The molecule has 2 heterocycles. The van der Waals surface area contributed by atoms with Crippen molar-refractivity contribution in [2.75, 3.05) is 13.1 Å². The first-order chi connectivity index (χ1) is 14.3. The van der Waals surface area contributed by atoms with Crippen molar-refractivity contribution in [3.63, 3.8) is 0 Å². The summed E-state index contributed by atoms with van der Waals surface area (Å²) in [5.74, 6) is 1.11. The Morgan fingerprint density at radius 3 is 2.87 bits per heavy atom. The molecule has 6 heteroatoms. The van der Waals surface area contributed by atoms with E-state index >= 15 is 0 Å². The molecule has 1 aromatic rings. The molecule has 3 aliphatic carbocycles. The van der Waals surface area contributed by atoms with Crippen LogP contribution in [0.3, 0.4) is 0 Å². The van der Waals surface area contributed by atoms with Gasteiger partial charge in [-0.2, -0.15) is 0 Å². The number of rotatable bonds is 4. The van der Waals surface area contributed by atoms with Crippen molar-refractivity contribution in [3.8, 4) is 11.5 Å². The Bertz CT molecular complexity index is 953. The maximum Gasteiger partial charge on any atom is 0.313 e. The molecule has 1 saturated heterocycles. The Hall–Kier alpha value is -1.92. The van der Waals surface area contributed by atoms with Crippen LogP contribution < -0.4 is 9.47 Å². The SMILES string of the molecule is CC(C)C(=O)Oc1ccc2c3c1O[C@H]1C(=O)CC[C@@]4(O)C(C2)N(CC2CC2)CC[C@]314. The van der Waals surface area contributed by atoms with Crippen LogP contribution in [0, 0.1) is 11.8 Å². The second-order valence-corrected chi connectivity index (χ2v) is 10.3. The van der Waals surface area contributed by atoms with E-state index in [1.807, 2.05) is 6.07 Å². The van der Waals surface area contributed by atoms with Crippen LogP contribution in [-0.2, 0) is 21.4 Å². The summed E-state index contributed by atoms with van der Waals surface area (Å²) in [6.45, 7) is 5.49. The minimum Gasteiger partial charge on any atom is -0.477 e. The van der Waals surface area contributed by atoms with Gasteiger partial charge in [0.2, 0.25) is 0 Å². The van der Waals surface area contributed by atoms with Crippen molar-refractivity contribution >= 4 is 11.8 Å². The highest BCUT2D eigenvalue weighted by molar-refractivity contribution is 5.90. The molecule has 0 amide bonds. The number of hydrogen-bond donors (Lipinski definition) is 1. The molecule has 2 bridgehead atoms. The van der Waals surface area contributed by atoms with E-state index in [4.69, 9.17) is 9.47 Å². The number of benzene rings is 1. The van der Waals surface area contributed by atoms with Crippen LogP contribution in [0.5, 0.6) is 11.5 Å². The molecule has 1 unspecified atom stereocenters. The zero-order chi connectivity index (χ0) is 20.8. The van der Waals surface area contributed by atoms with E-state index in [1.54, 1.807) is 19.9 Å². The lowest BCUT2D eigenvalue weighted by Gasteiger charge is -2.62. The molecule has 4 atom stereocenters. The number of nitrogens with zero attached hydrogens (tertiary/aromatic N) is 1. The van der Waals surface area contributed by atoms with Gasteiger partial charge in [-0.15, -0.1) is 0 Å². The zero-order valence-corrected chi connectivity index (χ0v) is 17.6. The number of ether oxygens (including phenoxy) is 2. The Labute approximate surface area is 176 Å². The van der Waals surface area contributed by atoms with E-state index in [9.17, 15) is 14.7 Å². The Kier molecular flexibility index (Phi) is 3.81. The molecule has 1 spiro atoms. The third-order valence-electron chi connectivity index (χ3n) is 8.22. The summed E-state index contributed by atoms with van der Waals surface area (Å²) in [4.78, 5) is 27.8. The molecule has 2 saturated carbocycles. The zero-order valence-electron chi connectivity index (χ0n) is 17.6. The van der Waals surface area contributed by atoms with Crippen molar-refractivity contribution < 1.29 is 24.2 Å². The quantitative estimate of drug-likeness (QED) is 0.606. The van der Waals surface area contributed by atoms with Gasteiger partial charge in [-0.1, -0.05) is 19.9 Å². The summed E-state index contributed by atoms with van der Waals surface area (Å²) in [6.07, 6.45) is 4.13. The molecular weight excluding hydrogens is 382 g/mol. The lowest BCUT2D eigenvalue weighted by molar-refractivity contribution is -0.188. The van der Waals surface area contributed by atoms with Crippen molar-refractivity contribution in [2.45, 2.75) is 75.5 Å². The third kappa shape index (κ3) is 2.27. The molecule has 0 aromatic heterocycles. The van der Waals surface area contributed by atoms with Crippen molar-refractivity contribution in [1.29, 1.82) is 0 Å². The fraction of sp³-hybridized carbons (Fsp3) is 0.667. The van der Waals surface area contributed by atoms with E-state index in [2.05, 4.69) is 4.90 Å². The predicted molar refractivity (Wildman–Crippen MR) is 109 cm³/mol. The highest BCUT2D eigenvalue weighted by Gasteiger charge is 2.73. The van der Waals surface area contributed by atoms with Crippen LogP contribution in [0.15, 0.2) is 12.1 Å². The maximum absolute atomic E-state index is 13.0. The van der Waals surface area contributed by atoms with Gasteiger partial charge in [0.1, 0.15) is 0 Å². The standard InChI is InChI=1S/C24H29NO5/c1-13(2)22(27)29-17-6-5-15-11-18-24(28)8-7-16(26)21-23(24,19(15)20(17)30-21)9-10-25(18)12-14-3-4-14/h5-6,13-14,18,21,28H,3-4,7-12H2,1-2H3/t18?,21-,23-,24+/m0/s1. The average molecular weight is 411 g/mol.